The van der Waals surface area contributed by atoms with E-state index in [1.807, 2.05) is 18.2 Å². The van der Waals surface area contributed by atoms with Gasteiger partial charge in [0.15, 0.2) is 0 Å². The molecule has 4 bridgehead atoms. The topological polar surface area (TPSA) is 157 Å². The highest BCUT2D eigenvalue weighted by molar-refractivity contribution is 8.93. The van der Waals surface area contributed by atoms with Crippen molar-refractivity contribution in [3.8, 4) is 0 Å². The van der Waals surface area contributed by atoms with Crippen LogP contribution < -0.4 is 22.1 Å². The van der Waals surface area contributed by atoms with Gasteiger partial charge in [-0.25, -0.2) is 4.79 Å². The molecule has 0 aromatic heterocycles. The Labute approximate surface area is 236 Å². The summed E-state index contributed by atoms with van der Waals surface area (Å²) in [5, 5.41) is 16.2. The standard InChI is InChI=1S/C24H31ClN4O5.2BrH/c1-34-24(33)20-12-15-9-13(4-6-17(15)25)14-5-7-21(30)16(10-14)11-18(27)22(31)28-19(3-2-8-26)23(32)29-20;;/h4,6,9-10,18-20,30H,2-3,5,7-8,11-12,26-27H2,1H3,(H,28,31)(H,29,32);2*1H/t18-,19-,20-;;/m0../s1. The number of rotatable bonds is 4. The highest BCUT2D eigenvalue weighted by atomic mass is 79.9. The van der Waals surface area contributed by atoms with Gasteiger partial charge in [-0.15, -0.1) is 34.0 Å². The van der Waals surface area contributed by atoms with Gasteiger partial charge in [0.2, 0.25) is 11.8 Å². The van der Waals surface area contributed by atoms with Crippen molar-refractivity contribution in [3.63, 3.8) is 0 Å². The first-order chi connectivity index (χ1) is 16.2. The van der Waals surface area contributed by atoms with Crippen LogP contribution in [-0.4, -0.2) is 54.7 Å². The van der Waals surface area contributed by atoms with Gasteiger partial charge in [0.25, 0.3) is 0 Å². The largest absolute Gasteiger partial charge is 0.512 e. The van der Waals surface area contributed by atoms with E-state index in [-0.39, 0.29) is 59.0 Å². The molecule has 0 saturated heterocycles. The molecular weight excluding hydrogens is 620 g/mol. The van der Waals surface area contributed by atoms with Gasteiger partial charge in [-0.2, -0.15) is 0 Å². The molecule has 3 atom stereocenters. The molecule has 2 aliphatic rings. The first kappa shape index (κ1) is 32.1. The summed E-state index contributed by atoms with van der Waals surface area (Å²) >= 11 is 6.43. The molecule has 0 fully saturated rings. The van der Waals surface area contributed by atoms with Crippen molar-refractivity contribution in [2.24, 2.45) is 11.5 Å². The van der Waals surface area contributed by atoms with E-state index in [0.717, 1.165) is 11.1 Å². The number of esters is 1. The molecule has 0 spiro atoms. The summed E-state index contributed by atoms with van der Waals surface area (Å²) in [4.78, 5) is 38.4. The second-order valence-electron chi connectivity index (χ2n) is 8.54. The molecule has 1 aliphatic heterocycles. The van der Waals surface area contributed by atoms with E-state index >= 15 is 0 Å². The van der Waals surface area contributed by atoms with Crippen LogP contribution in [0.15, 0.2) is 35.6 Å². The fourth-order valence-corrected chi connectivity index (χ4v) is 4.34. The van der Waals surface area contributed by atoms with Gasteiger partial charge in [0, 0.05) is 17.9 Å². The summed E-state index contributed by atoms with van der Waals surface area (Å²) in [5.41, 5.74) is 14.8. The monoisotopic (exact) mass is 650 g/mol. The first-order valence-electron chi connectivity index (χ1n) is 11.3. The van der Waals surface area contributed by atoms with E-state index in [1.54, 1.807) is 6.07 Å². The second-order valence-corrected chi connectivity index (χ2v) is 8.95. The van der Waals surface area contributed by atoms with Crippen LogP contribution in [0.3, 0.4) is 0 Å². The predicted molar refractivity (Wildman–Crippen MR) is 149 cm³/mol. The molecule has 1 aliphatic carbocycles. The van der Waals surface area contributed by atoms with Crippen LogP contribution in [0.1, 0.15) is 43.2 Å². The lowest BCUT2D eigenvalue weighted by atomic mass is 9.89. The summed E-state index contributed by atoms with van der Waals surface area (Å²) in [5.74, 6) is -1.53. The lowest BCUT2D eigenvalue weighted by molar-refractivity contribution is -0.145. The third kappa shape index (κ3) is 8.04. The van der Waals surface area contributed by atoms with Gasteiger partial charge >= 0.3 is 5.97 Å². The number of halogens is 3. The number of carbonyl (C=O) groups excluding carboxylic acids is 3. The average Bonchev–Trinajstić information content (AvgIpc) is 2.82. The summed E-state index contributed by atoms with van der Waals surface area (Å²) < 4.78 is 4.90. The molecular formula is C24H33Br2ClN4O5. The fraction of sp³-hybridized carbons (Fsp3) is 0.458. The van der Waals surface area contributed by atoms with Crippen molar-refractivity contribution >= 4 is 68.9 Å². The zero-order valence-electron chi connectivity index (χ0n) is 19.9. The van der Waals surface area contributed by atoms with E-state index in [9.17, 15) is 19.5 Å². The third-order valence-electron chi connectivity index (χ3n) is 6.10. The Morgan fingerprint density at radius 3 is 2.56 bits per heavy atom. The number of aliphatic hydroxyl groups excluding tert-OH is 1. The minimum Gasteiger partial charge on any atom is -0.512 e. The molecule has 7 N–H and O–H groups in total. The fourth-order valence-electron chi connectivity index (χ4n) is 4.14. The van der Waals surface area contributed by atoms with Crippen LogP contribution in [0.5, 0.6) is 0 Å². The summed E-state index contributed by atoms with van der Waals surface area (Å²) in [6, 6.07) is 2.52. The van der Waals surface area contributed by atoms with Gasteiger partial charge in [-0.05, 0) is 66.6 Å². The number of benzene rings is 1. The predicted octanol–water partition coefficient (Wildman–Crippen LogP) is 2.64. The van der Waals surface area contributed by atoms with Gasteiger partial charge in [-0.1, -0.05) is 23.7 Å². The molecule has 1 aromatic carbocycles. The minimum atomic E-state index is -1.01. The third-order valence-corrected chi connectivity index (χ3v) is 6.47. The summed E-state index contributed by atoms with van der Waals surface area (Å²) in [6.07, 6.45) is 3.80. The van der Waals surface area contributed by atoms with Crippen molar-refractivity contribution in [2.45, 2.75) is 56.7 Å². The molecule has 0 saturated carbocycles. The maximum Gasteiger partial charge on any atom is 0.328 e. The van der Waals surface area contributed by atoms with Crippen LogP contribution in [0.4, 0.5) is 0 Å². The van der Waals surface area contributed by atoms with Crippen LogP contribution in [0, 0.1) is 0 Å². The molecule has 200 valence electrons. The van der Waals surface area contributed by atoms with Gasteiger partial charge in [-0.3, -0.25) is 9.59 Å². The maximum atomic E-state index is 13.1. The quantitative estimate of drug-likeness (QED) is 0.313. The number of aliphatic hydroxyl groups is 1. The zero-order valence-corrected chi connectivity index (χ0v) is 24.1. The SMILES string of the molecule is Br.Br.COC(=O)[C@@H]1Cc2cc(ccc2Cl)C2=CC(=C(O)CC2)C[C@H](N)C(=O)N[C@@H](CCCN)C(=O)N1. The van der Waals surface area contributed by atoms with Gasteiger partial charge in [0.05, 0.1) is 18.9 Å². The van der Waals surface area contributed by atoms with E-state index < -0.39 is 35.9 Å². The minimum absolute atomic E-state index is 0. The molecule has 9 nitrogen and oxygen atoms in total. The average molecular weight is 653 g/mol. The van der Waals surface area contributed by atoms with Crippen molar-refractivity contribution in [1.29, 1.82) is 0 Å². The molecule has 0 unspecified atom stereocenters. The molecule has 36 heavy (non-hydrogen) atoms. The Kier molecular flexibility index (Phi) is 13.1. The maximum absolute atomic E-state index is 13.1. The molecule has 12 heteroatoms. The first-order valence-corrected chi connectivity index (χ1v) is 11.7. The Hall–Kier alpha value is -1.92. The Morgan fingerprint density at radius 2 is 1.89 bits per heavy atom. The molecule has 0 radical (unpaired) electrons. The summed E-state index contributed by atoms with van der Waals surface area (Å²) in [7, 11) is 1.24. The van der Waals surface area contributed by atoms with Gasteiger partial charge < -0.3 is 31.9 Å². The van der Waals surface area contributed by atoms with Crippen LogP contribution in [-0.2, 0) is 25.5 Å². The number of nitrogens with two attached hydrogens (primary N) is 2. The van der Waals surface area contributed by atoms with Crippen molar-refractivity contribution in [1.82, 2.24) is 10.6 Å². The Balaban J connectivity index is 0.00000324. The zero-order chi connectivity index (χ0) is 24.8. The Morgan fingerprint density at radius 1 is 1.17 bits per heavy atom. The van der Waals surface area contributed by atoms with E-state index in [1.165, 1.54) is 7.11 Å². The highest BCUT2D eigenvalue weighted by Crippen LogP contribution is 2.33. The number of nitrogens with one attached hydrogen (secondary N) is 2. The summed E-state index contributed by atoms with van der Waals surface area (Å²) in [6.45, 7) is 0.322. The second kappa shape index (κ2) is 14.7. The highest BCUT2D eigenvalue weighted by Gasteiger charge is 2.30. The number of hydrogen-bond acceptors (Lipinski definition) is 7. The number of fused-ring (bicyclic) bond motifs is 4. The number of hydrogen-bond donors (Lipinski definition) is 5. The van der Waals surface area contributed by atoms with E-state index in [2.05, 4.69) is 10.6 Å². The number of ether oxygens (including phenoxy) is 1. The van der Waals surface area contributed by atoms with Gasteiger partial charge in [0.1, 0.15) is 12.1 Å². The van der Waals surface area contributed by atoms with E-state index in [0.29, 0.717) is 42.0 Å². The number of allylic oxidation sites excluding steroid dienone is 3. The lowest BCUT2D eigenvalue weighted by Crippen LogP contribution is -2.55. The van der Waals surface area contributed by atoms with Crippen molar-refractivity contribution < 1.29 is 24.2 Å². The van der Waals surface area contributed by atoms with Crippen LogP contribution in [0.25, 0.3) is 5.57 Å². The smallest absolute Gasteiger partial charge is 0.328 e. The van der Waals surface area contributed by atoms with Crippen LogP contribution in [0.2, 0.25) is 5.02 Å². The van der Waals surface area contributed by atoms with E-state index in [4.69, 9.17) is 27.8 Å². The number of amides is 2. The van der Waals surface area contributed by atoms with Crippen molar-refractivity contribution in [3.05, 3.63) is 51.8 Å². The molecule has 1 heterocycles. The lowest BCUT2D eigenvalue weighted by Gasteiger charge is -2.24. The van der Waals surface area contributed by atoms with Crippen LogP contribution >= 0.6 is 45.6 Å². The number of carbonyl (C=O) groups is 3. The molecule has 3 rings (SSSR count). The normalized spacial score (nSPS) is 22.4. The van der Waals surface area contributed by atoms with Crippen molar-refractivity contribution in [2.75, 3.05) is 13.7 Å². The molecule has 1 aromatic rings. The number of methoxy groups -OCH3 is 1. The Bertz CT molecular complexity index is 1030. The molecule has 2 amide bonds.